The topological polar surface area (TPSA) is 87.5 Å². The standard InChI is InChI=1S/C23H23IN4O3/c1-14(17-6-8-18(9-7-17)23(30)31)25-21(29)20-15(2)26-28-11-10-27(22(20)28)13-16-4-3-5-19(24)12-16/h3-9,12,14H,10-11,13H2,1-2H3,(H,25,29)(H,30,31)/t14-/m0/s1. The number of fused-ring (bicyclic) bond motifs is 1. The number of carboxylic acid groups (broad SMARTS) is 1. The Morgan fingerprint density at radius 2 is 1.94 bits per heavy atom. The van der Waals surface area contributed by atoms with E-state index in [4.69, 9.17) is 5.11 Å². The molecule has 0 radical (unpaired) electrons. The number of carbonyl (C=O) groups excluding carboxylic acids is 1. The summed E-state index contributed by atoms with van der Waals surface area (Å²) in [6, 6.07) is 14.6. The fourth-order valence-electron chi connectivity index (χ4n) is 3.91. The van der Waals surface area contributed by atoms with Crippen molar-refractivity contribution in [3.05, 3.63) is 80.0 Å². The molecule has 2 aromatic carbocycles. The first-order valence-electron chi connectivity index (χ1n) is 10.0. The number of anilines is 1. The molecule has 2 N–H and O–H groups in total. The normalized spacial score (nSPS) is 13.7. The Morgan fingerprint density at radius 3 is 2.61 bits per heavy atom. The number of nitrogens with one attached hydrogen (secondary N) is 1. The van der Waals surface area contributed by atoms with Crippen LogP contribution < -0.4 is 10.2 Å². The van der Waals surface area contributed by atoms with Crippen LogP contribution >= 0.6 is 22.6 Å². The first-order chi connectivity index (χ1) is 14.8. The molecule has 0 bridgehead atoms. The summed E-state index contributed by atoms with van der Waals surface area (Å²) < 4.78 is 3.09. The van der Waals surface area contributed by atoms with Crippen molar-refractivity contribution in [1.29, 1.82) is 0 Å². The minimum atomic E-state index is -0.970. The van der Waals surface area contributed by atoms with E-state index >= 15 is 0 Å². The van der Waals surface area contributed by atoms with E-state index in [0.717, 1.165) is 24.5 Å². The van der Waals surface area contributed by atoms with Crippen LogP contribution in [-0.4, -0.2) is 33.3 Å². The molecular formula is C23H23IN4O3. The molecule has 1 atom stereocenters. The van der Waals surface area contributed by atoms with E-state index in [0.29, 0.717) is 17.8 Å². The molecule has 0 spiro atoms. The summed E-state index contributed by atoms with van der Waals surface area (Å²) in [5, 5.41) is 16.7. The van der Waals surface area contributed by atoms with Crippen molar-refractivity contribution >= 4 is 40.3 Å². The van der Waals surface area contributed by atoms with Gasteiger partial charge in [-0.15, -0.1) is 0 Å². The highest BCUT2D eigenvalue weighted by Gasteiger charge is 2.30. The van der Waals surface area contributed by atoms with E-state index < -0.39 is 5.97 Å². The third kappa shape index (κ3) is 4.43. The SMILES string of the molecule is Cc1nn2c(c1C(=O)N[C@@H](C)c1ccc(C(=O)O)cc1)N(Cc1cccc(I)c1)CC2. The van der Waals surface area contributed by atoms with Gasteiger partial charge in [0.25, 0.3) is 5.91 Å². The Kier molecular flexibility index (Phi) is 5.99. The number of amides is 1. The van der Waals surface area contributed by atoms with E-state index in [1.165, 1.54) is 9.13 Å². The van der Waals surface area contributed by atoms with Gasteiger partial charge < -0.3 is 15.3 Å². The zero-order valence-corrected chi connectivity index (χ0v) is 19.5. The van der Waals surface area contributed by atoms with Gasteiger partial charge in [-0.2, -0.15) is 5.10 Å². The van der Waals surface area contributed by atoms with E-state index in [1.807, 2.05) is 24.6 Å². The van der Waals surface area contributed by atoms with Gasteiger partial charge in [0.2, 0.25) is 0 Å². The number of aryl methyl sites for hydroxylation is 1. The molecule has 0 unspecified atom stereocenters. The van der Waals surface area contributed by atoms with Crippen LogP contribution in [-0.2, 0) is 13.1 Å². The number of carboxylic acids is 1. The summed E-state index contributed by atoms with van der Waals surface area (Å²) in [6.45, 7) is 6.02. The molecule has 160 valence electrons. The predicted molar refractivity (Wildman–Crippen MR) is 126 cm³/mol. The molecule has 8 heteroatoms. The Labute approximate surface area is 194 Å². The lowest BCUT2D eigenvalue weighted by molar-refractivity contribution is 0.0696. The zero-order chi connectivity index (χ0) is 22.1. The summed E-state index contributed by atoms with van der Waals surface area (Å²) in [6.07, 6.45) is 0. The first-order valence-corrected chi connectivity index (χ1v) is 11.1. The predicted octanol–water partition coefficient (Wildman–Crippen LogP) is 4.01. The number of benzene rings is 2. The van der Waals surface area contributed by atoms with Gasteiger partial charge in [-0.3, -0.25) is 4.79 Å². The largest absolute Gasteiger partial charge is 0.478 e. The van der Waals surface area contributed by atoms with E-state index in [2.05, 4.69) is 56.1 Å². The molecule has 7 nitrogen and oxygen atoms in total. The number of hydrogen-bond acceptors (Lipinski definition) is 4. The molecule has 3 aromatic rings. The lowest BCUT2D eigenvalue weighted by Crippen LogP contribution is -2.29. The van der Waals surface area contributed by atoms with Crippen molar-refractivity contribution in [1.82, 2.24) is 15.1 Å². The second-order valence-corrected chi connectivity index (χ2v) is 8.93. The minimum absolute atomic E-state index is 0.178. The Balaban J connectivity index is 1.54. The molecule has 0 saturated heterocycles. The monoisotopic (exact) mass is 530 g/mol. The Hall–Kier alpha value is -2.88. The number of rotatable bonds is 6. The van der Waals surface area contributed by atoms with E-state index in [9.17, 15) is 9.59 Å². The fraction of sp³-hybridized carbons (Fsp3) is 0.261. The molecule has 0 saturated carbocycles. The van der Waals surface area contributed by atoms with Gasteiger partial charge in [-0.25, -0.2) is 9.48 Å². The average Bonchev–Trinajstić information content (AvgIpc) is 3.26. The van der Waals surface area contributed by atoms with Crippen molar-refractivity contribution in [2.24, 2.45) is 0 Å². The Morgan fingerprint density at radius 1 is 1.19 bits per heavy atom. The van der Waals surface area contributed by atoms with Crippen molar-refractivity contribution in [2.75, 3.05) is 11.4 Å². The summed E-state index contributed by atoms with van der Waals surface area (Å²) in [5.41, 5.74) is 3.55. The van der Waals surface area contributed by atoms with Gasteiger partial charge in [0.05, 0.1) is 23.8 Å². The maximum absolute atomic E-state index is 13.2. The highest BCUT2D eigenvalue weighted by molar-refractivity contribution is 14.1. The highest BCUT2D eigenvalue weighted by Crippen LogP contribution is 2.30. The van der Waals surface area contributed by atoms with Gasteiger partial charge in [-0.1, -0.05) is 24.3 Å². The molecule has 1 aliphatic heterocycles. The molecule has 0 aliphatic carbocycles. The van der Waals surface area contributed by atoms with Gasteiger partial charge >= 0.3 is 5.97 Å². The lowest BCUT2D eigenvalue weighted by atomic mass is 10.1. The smallest absolute Gasteiger partial charge is 0.335 e. The lowest BCUT2D eigenvalue weighted by Gasteiger charge is -2.20. The van der Waals surface area contributed by atoms with Gasteiger partial charge in [0.15, 0.2) is 0 Å². The summed E-state index contributed by atoms with van der Waals surface area (Å²) >= 11 is 2.30. The van der Waals surface area contributed by atoms with Gasteiger partial charge in [0.1, 0.15) is 11.4 Å². The number of aromatic carboxylic acids is 1. The molecule has 1 aliphatic rings. The van der Waals surface area contributed by atoms with Crippen LogP contribution in [0.25, 0.3) is 0 Å². The third-order valence-corrected chi connectivity index (χ3v) is 6.15. The number of hydrogen-bond donors (Lipinski definition) is 2. The molecule has 2 heterocycles. The fourth-order valence-corrected chi connectivity index (χ4v) is 4.52. The average molecular weight is 530 g/mol. The molecule has 1 aromatic heterocycles. The second-order valence-electron chi connectivity index (χ2n) is 7.68. The zero-order valence-electron chi connectivity index (χ0n) is 17.3. The molecule has 1 amide bonds. The maximum atomic E-state index is 13.2. The van der Waals surface area contributed by atoms with Crippen LogP contribution in [0.2, 0.25) is 0 Å². The minimum Gasteiger partial charge on any atom is -0.478 e. The third-order valence-electron chi connectivity index (χ3n) is 5.48. The molecule has 31 heavy (non-hydrogen) atoms. The van der Waals surface area contributed by atoms with Crippen LogP contribution in [0.15, 0.2) is 48.5 Å². The number of nitrogens with zero attached hydrogens (tertiary/aromatic N) is 3. The van der Waals surface area contributed by atoms with Crippen molar-refractivity contribution < 1.29 is 14.7 Å². The van der Waals surface area contributed by atoms with Crippen LogP contribution in [0.4, 0.5) is 5.82 Å². The number of carbonyl (C=O) groups is 2. The second kappa shape index (κ2) is 8.70. The van der Waals surface area contributed by atoms with Crippen molar-refractivity contribution in [3.63, 3.8) is 0 Å². The maximum Gasteiger partial charge on any atom is 0.335 e. The summed E-state index contributed by atoms with van der Waals surface area (Å²) in [5.74, 6) is -0.298. The molecular weight excluding hydrogens is 507 g/mol. The summed E-state index contributed by atoms with van der Waals surface area (Å²) in [7, 11) is 0. The van der Waals surface area contributed by atoms with Crippen molar-refractivity contribution in [3.8, 4) is 0 Å². The number of halogens is 1. The van der Waals surface area contributed by atoms with Gasteiger partial charge in [0, 0.05) is 16.7 Å². The van der Waals surface area contributed by atoms with Crippen LogP contribution in [0.3, 0.4) is 0 Å². The van der Waals surface area contributed by atoms with Gasteiger partial charge in [-0.05, 0) is 71.8 Å². The quantitative estimate of drug-likeness (QED) is 0.471. The number of aromatic nitrogens is 2. The van der Waals surface area contributed by atoms with Crippen LogP contribution in [0, 0.1) is 10.5 Å². The summed E-state index contributed by atoms with van der Waals surface area (Å²) in [4.78, 5) is 26.5. The molecule has 0 fully saturated rings. The first kappa shape index (κ1) is 21.4. The van der Waals surface area contributed by atoms with E-state index in [1.54, 1.807) is 24.3 Å². The Bertz CT molecular complexity index is 1140. The van der Waals surface area contributed by atoms with Crippen LogP contribution in [0.1, 0.15) is 50.5 Å². The van der Waals surface area contributed by atoms with Crippen molar-refractivity contribution in [2.45, 2.75) is 33.0 Å². The van der Waals surface area contributed by atoms with Crippen LogP contribution in [0.5, 0.6) is 0 Å². The molecule has 4 rings (SSSR count). The van der Waals surface area contributed by atoms with E-state index in [-0.39, 0.29) is 17.5 Å². The highest BCUT2D eigenvalue weighted by atomic mass is 127.